The fourth-order valence-electron chi connectivity index (χ4n) is 2.20. The first-order chi connectivity index (χ1) is 11.4. The van der Waals surface area contributed by atoms with Gasteiger partial charge in [0.05, 0.1) is 10.8 Å². The Hall–Kier alpha value is -1.99. The number of alkyl halides is 3. The van der Waals surface area contributed by atoms with E-state index in [9.17, 15) is 18.0 Å². The van der Waals surface area contributed by atoms with Gasteiger partial charge in [0.1, 0.15) is 4.88 Å². The first-order valence-electron chi connectivity index (χ1n) is 7.01. The fourth-order valence-corrected chi connectivity index (χ4v) is 3.86. The van der Waals surface area contributed by atoms with Crippen molar-refractivity contribution in [1.29, 1.82) is 0 Å². The molecule has 0 bridgehead atoms. The summed E-state index contributed by atoms with van der Waals surface area (Å²) < 4.78 is 37.7. The number of carbonyl (C=O) groups is 1. The molecule has 1 N–H and O–H groups in total. The Morgan fingerprint density at radius 3 is 2.54 bits per heavy atom. The zero-order valence-corrected chi connectivity index (χ0v) is 13.9. The third-order valence-corrected chi connectivity index (χ3v) is 5.38. The topological polar surface area (TPSA) is 29.1 Å². The molecule has 2 nitrogen and oxygen atoms in total. The number of rotatable bonds is 4. The molecule has 7 heteroatoms. The average molecular weight is 367 g/mol. The van der Waals surface area contributed by atoms with Crippen LogP contribution in [0.1, 0.15) is 4.88 Å². The Morgan fingerprint density at radius 2 is 1.79 bits per heavy atom. The van der Waals surface area contributed by atoms with E-state index >= 15 is 0 Å². The molecular formula is C17H12F3NOS2. The van der Waals surface area contributed by atoms with Crippen molar-refractivity contribution in [2.75, 3.05) is 11.1 Å². The molecular weight excluding hydrogens is 355 g/mol. The number of thioether (sulfide) groups is 1. The van der Waals surface area contributed by atoms with Gasteiger partial charge in [0.2, 0.25) is 5.91 Å². The zero-order chi connectivity index (χ0) is 17.2. The largest absolute Gasteiger partial charge is 0.425 e. The third-order valence-electron chi connectivity index (χ3n) is 3.26. The maximum atomic E-state index is 12.6. The number of hydrogen-bond acceptors (Lipinski definition) is 3. The molecule has 1 aromatic heterocycles. The minimum Gasteiger partial charge on any atom is -0.317 e. The second-order valence-corrected chi connectivity index (χ2v) is 7.08. The van der Waals surface area contributed by atoms with Crippen LogP contribution < -0.4 is 5.32 Å². The number of benzene rings is 2. The highest BCUT2D eigenvalue weighted by atomic mass is 32.2. The van der Waals surface area contributed by atoms with E-state index in [1.165, 1.54) is 17.8 Å². The molecule has 0 fully saturated rings. The number of amides is 1. The highest BCUT2D eigenvalue weighted by molar-refractivity contribution is 8.00. The van der Waals surface area contributed by atoms with Crippen LogP contribution in [-0.2, 0) is 11.0 Å². The highest BCUT2D eigenvalue weighted by Crippen LogP contribution is 2.36. The average Bonchev–Trinajstić information content (AvgIpc) is 3.01. The molecule has 0 saturated heterocycles. The van der Waals surface area contributed by atoms with E-state index in [1.54, 1.807) is 0 Å². The van der Waals surface area contributed by atoms with Crippen molar-refractivity contribution in [2.24, 2.45) is 0 Å². The molecule has 1 heterocycles. The summed E-state index contributed by atoms with van der Waals surface area (Å²) in [6.07, 6.45) is -4.38. The molecule has 3 aromatic rings. The first-order valence-corrected chi connectivity index (χ1v) is 8.81. The predicted octanol–water partition coefficient (Wildman–Crippen LogP) is 5.65. The Morgan fingerprint density at radius 1 is 1.04 bits per heavy atom. The van der Waals surface area contributed by atoms with Gasteiger partial charge >= 0.3 is 6.18 Å². The second-order valence-electron chi connectivity index (χ2n) is 4.98. The summed E-state index contributed by atoms with van der Waals surface area (Å²) in [5.41, 5.74) is 0. The van der Waals surface area contributed by atoms with E-state index in [-0.39, 0.29) is 16.7 Å². The van der Waals surface area contributed by atoms with Gasteiger partial charge in [-0.1, -0.05) is 36.4 Å². The number of hydrogen-bond donors (Lipinski definition) is 1. The lowest BCUT2D eigenvalue weighted by atomic mass is 10.1. The molecule has 2 aromatic carbocycles. The molecule has 0 saturated carbocycles. The van der Waals surface area contributed by atoms with E-state index in [0.29, 0.717) is 11.3 Å². The minimum absolute atomic E-state index is 0.132. The maximum absolute atomic E-state index is 12.6. The van der Waals surface area contributed by atoms with Crippen LogP contribution in [0.4, 0.5) is 18.2 Å². The molecule has 0 aliphatic carbocycles. The molecule has 24 heavy (non-hydrogen) atoms. The standard InChI is InChI=1S/C17H12F3NOS2/c18-17(19,20)14-8-9-16(24-14)21-15(22)10-23-13-7-3-5-11-4-1-2-6-12(11)13/h1-9H,10H2,(H,21,22). The predicted molar refractivity (Wildman–Crippen MR) is 92.6 cm³/mol. The lowest BCUT2D eigenvalue weighted by Gasteiger charge is -2.06. The number of nitrogens with one attached hydrogen (secondary N) is 1. The van der Waals surface area contributed by atoms with Gasteiger partial charge in [-0.2, -0.15) is 13.2 Å². The molecule has 124 valence electrons. The van der Waals surface area contributed by atoms with Gasteiger partial charge in [-0.3, -0.25) is 4.79 Å². The van der Waals surface area contributed by atoms with Crippen molar-refractivity contribution in [2.45, 2.75) is 11.1 Å². The molecule has 3 rings (SSSR count). The molecule has 1 amide bonds. The summed E-state index contributed by atoms with van der Waals surface area (Å²) in [5, 5.41) is 4.84. The molecule has 0 atom stereocenters. The van der Waals surface area contributed by atoms with Crippen molar-refractivity contribution < 1.29 is 18.0 Å². The van der Waals surface area contributed by atoms with E-state index in [4.69, 9.17) is 0 Å². The van der Waals surface area contributed by atoms with Crippen LogP contribution in [0, 0.1) is 0 Å². The highest BCUT2D eigenvalue weighted by Gasteiger charge is 2.32. The molecule has 0 aliphatic rings. The summed E-state index contributed by atoms with van der Waals surface area (Å²) in [7, 11) is 0. The summed E-state index contributed by atoms with van der Waals surface area (Å²) in [6, 6.07) is 15.9. The number of fused-ring (bicyclic) bond motifs is 1. The van der Waals surface area contributed by atoms with Crippen LogP contribution in [0.15, 0.2) is 59.5 Å². The van der Waals surface area contributed by atoms with E-state index in [1.807, 2.05) is 42.5 Å². The Kier molecular flexibility index (Phi) is 4.82. The van der Waals surface area contributed by atoms with Crippen LogP contribution in [0.3, 0.4) is 0 Å². The summed E-state index contributed by atoms with van der Waals surface area (Å²) >= 11 is 1.89. The van der Waals surface area contributed by atoms with Crippen molar-refractivity contribution >= 4 is 44.8 Å². The van der Waals surface area contributed by atoms with Crippen molar-refractivity contribution in [3.8, 4) is 0 Å². The lowest BCUT2D eigenvalue weighted by molar-refractivity contribution is -0.134. The van der Waals surface area contributed by atoms with Crippen LogP contribution >= 0.6 is 23.1 Å². The maximum Gasteiger partial charge on any atom is 0.425 e. The smallest absolute Gasteiger partial charge is 0.317 e. The number of halogens is 3. The van der Waals surface area contributed by atoms with Crippen molar-refractivity contribution in [1.82, 2.24) is 0 Å². The van der Waals surface area contributed by atoms with Gasteiger partial charge in [0, 0.05) is 4.90 Å². The minimum atomic E-state index is -4.38. The second kappa shape index (κ2) is 6.86. The zero-order valence-electron chi connectivity index (χ0n) is 12.3. The first kappa shape index (κ1) is 16.9. The molecule has 0 unspecified atom stereocenters. The van der Waals surface area contributed by atoms with Crippen molar-refractivity contribution in [3.05, 3.63) is 59.5 Å². The molecule has 0 radical (unpaired) electrons. The van der Waals surface area contributed by atoms with Gasteiger partial charge in [-0.05, 0) is 29.0 Å². The Labute approximate surface area is 144 Å². The Balaban J connectivity index is 1.64. The van der Waals surface area contributed by atoms with Crippen LogP contribution in [0.2, 0.25) is 0 Å². The van der Waals surface area contributed by atoms with Crippen LogP contribution in [0.25, 0.3) is 10.8 Å². The monoisotopic (exact) mass is 367 g/mol. The number of anilines is 1. The fraction of sp³-hybridized carbons (Fsp3) is 0.118. The summed E-state index contributed by atoms with van der Waals surface area (Å²) in [5.74, 6) is -0.198. The van der Waals surface area contributed by atoms with E-state index in [2.05, 4.69) is 5.32 Å². The van der Waals surface area contributed by atoms with Crippen molar-refractivity contribution in [3.63, 3.8) is 0 Å². The van der Waals surface area contributed by atoms with Gasteiger partial charge < -0.3 is 5.32 Å². The van der Waals surface area contributed by atoms with E-state index < -0.39 is 11.1 Å². The van der Waals surface area contributed by atoms with Crippen LogP contribution in [0.5, 0.6) is 0 Å². The Bertz CT molecular complexity index is 868. The lowest BCUT2D eigenvalue weighted by Crippen LogP contribution is -2.13. The van der Waals surface area contributed by atoms with Gasteiger partial charge in [0.25, 0.3) is 0 Å². The van der Waals surface area contributed by atoms with E-state index in [0.717, 1.165) is 21.7 Å². The summed E-state index contributed by atoms with van der Waals surface area (Å²) in [4.78, 5) is 12.2. The quantitative estimate of drug-likeness (QED) is 0.604. The van der Waals surface area contributed by atoms with Gasteiger partial charge in [-0.15, -0.1) is 23.1 Å². The normalized spacial score (nSPS) is 11.6. The van der Waals surface area contributed by atoms with Gasteiger partial charge in [0.15, 0.2) is 0 Å². The molecule has 0 spiro atoms. The third kappa shape index (κ3) is 3.91. The SMILES string of the molecule is O=C(CSc1cccc2ccccc12)Nc1ccc(C(F)(F)F)s1. The number of thiophene rings is 1. The van der Waals surface area contributed by atoms with Gasteiger partial charge in [-0.25, -0.2) is 0 Å². The van der Waals surface area contributed by atoms with Crippen LogP contribution in [-0.4, -0.2) is 11.7 Å². The summed E-state index contributed by atoms with van der Waals surface area (Å²) in [6.45, 7) is 0. The molecule has 0 aliphatic heterocycles. The number of carbonyl (C=O) groups excluding carboxylic acids is 1.